The zero-order valence-corrected chi connectivity index (χ0v) is 25.4. The van der Waals surface area contributed by atoms with Crippen molar-refractivity contribution in [1.29, 1.82) is 0 Å². The van der Waals surface area contributed by atoms with Gasteiger partial charge in [0.2, 0.25) is 0 Å². The highest BCUT2D eigenvalue weighted by Crippen LogP contribution is 2.30. The molecule has 3 amide bonds. The minimum Gasteiger partial charge on any atom is -0.494 e. The van der Waals surface area contributed by atoms with E-state index in [-0.39, 0.29) is 47.0 Å². The quantitative estimate of drug-likeness (QED) is 0.315. The third kappa shape index (κ3) is 7.12. The molecule has 0 spiro atoms. The average Bonchev–Trinajstić information content (AvgIpc) is 3.83. The predicted octanol–water partition coefficient (Wildman–Crippen LogP) is 4.13. The van der Waals surface area contributed by atoms with Gasteiger partial charge in [-0.15, -0.1) is 0 Å². The number of rotatable bonds is 11. The summed E-state index contributed by atoms with van der Waals surface area (Å²) < 4.78 is 28.6. The first kappa shape index (κ1) is 31.2. The maximum atomic E-state index is 15.3. The molecule has 3 aromatic rings. The highest BCUT2D eigenvalue weighted by atomic mass is 19.1. The third-order valence-electron chi connectivity index (χ3n) is 8.08. The number of aromatic nitrogens is 2. The Kier molecular flexibility index (Phi) is 9.68. The lowest BCUT2D eigenvalue weighted by Crippen LogP contribution is -2.50. The van der Waals surface area contributed by atoms with Crippen molar-refractivity contribution < 1.29 is 23.5 Å². The fourth-order valence-corrected chi connectivity index (χ4v) is 5.55. The molecule has 2 heterocycles. The summed E-state index contributed by atoms with van der Waals surface area (Å²) >= 11 is 0. The van der Waals surface area contributed by atoms with Crippen molar-refractivity contribution in [2.45, 2.75) is 64.6 Å². The Morgan fingerprint density at radius 3 is 2.50 bits per heavy atom. The number of benzene rings is 2. The summed E-state index contributed by atoms with van der Waals surface area (Å²) in [5.74, 6) is -0.0573. The number of likely N-dealkylation sites (tertiary alicyclic amines) is 1. The lowest BCUT2D eigenvalue weighted by molar-refractivity contribution is 0.0913. The van der Waals surface area contributed by atoms with Crippen molar-refractivity contribution in [3.8, 4) is 5.75 Å². The Labute approximate surface area is 254 Å². The van der Waals surface area contributed by atoms with Crippen LogP contribution >= 0.6 is 0 Å². The maximum Gasteiger partial charge on any atom is 0.331 e. The van der Waals surface area contributed by atoms with Crippen LogP contribution in [0.2, 0.25) is 0 Å². The molecule has 236 valence electrons. The highest BCUT2D eigenvalue weighted by molar-refractivity contribution is 5.95. The van der Waals surface area contributed by atoms with Gasteiger partial charge in [-0.25, -0.2) is 14.0 Å². The number of methoxy groups -OCH3 is 1. The lowest BCUT2D eigenvalue weighted by Gasteiger charge is -2.33. The largest absolute Gasteiger partial charge is 0.494 e. The number of urea groups is 1. The second-order valence-corrected chi connectivity index (χ2v) is 11.9. The molecule has 12 heteroatoms. The van der Waals surface area contributed by atoms with Crippen LogP contribution in [0.25, 0.3) is 10.9 Å². The number of hydrogen-bond acceptors (Lipinski definition) is 6. The third-order valence-corrected chi connectivity index (χ3v) is 8.08. The van der Waals surface area contributed by atoms with Crippen LogP contribution in [0.3, 0.4) is 0 Å². The number of halogens is 1. The fourth-order valence-electron chi connectivity index (χ4n) is 5.55. The van der Waals surface area contributed by atoms with Crippen molar-refractivity contribution in [1.82, 2.24) is 19.4 Å². The molecule has 2 N–H and O–H groups in total. The molecular formula is C32H40FN5O6. The summed E-state index contributed by atoms with van der Waals surface area (Å²) in [6, 6.07) is 8.20. The van der Waals surface area contributed by atoms with Crippen molar-refractivity contribution in [3.63, 3.8) is 0 Å². The standard InChI is InChI=1S/C32H40FN5O6/c1-20(2)38-28-17-26(33)27(16-25(28)30(40)37(32(38)42)18-21-7-8-21)35-31(41)36-13-4-6-23(19-36)34-29(39)22-9-11-24(12-10-22)44-15-5-14-43-3/h9-12,16-17,20-21,23H,4-8,13-15,18-19H2,1-3H3,(H,34,39)(H,35,41). The van der Waals surface area contributed by atoms with Crippen LogP contribution in [-0.4, -0.2) is 65.4 Å². The molecule has 1 atom stereocenters. The number of carbonyl (C=O) groups excluding carboxylic acids is 2. The topological polar surface area (TPSA) is 124 Å². The molecule has 0 radical (unpaired) electrons. The van der Waals surface area contributed by atoms with Crippen LogP contribution in [-0.2, 0) is 11.3 Å². The first-order valence-electron chi connectivity index (χ1n) is 15.2. The molecule has 1 saturated heterocycles. The number of nitrogens with one attached hydrogen (secondary N) is 2. The molecule has 1 aliphatic heterocycles. The van der Waals surface area contributed by atoms with Crippen LogP contribution in [0.4, 0.5) is 14.9 Å². The van der Waals surface area contributed by atoms with Gasteiger partial charge in [-0.3, -0.25) is 18.7 Å². The van der Waals surface area contributed by atoms with E-state index in [1.165, 1.54) is 20.1 Å². The first-order valence-corrected chi connectivity index (χ1v) is 15.2. The van der Waals surface area contributed by atoms with E-state index in [1.54, 1.807) is 45.2 Å². The van der Waals surface area contributed by atoms with Gasteiger partial charge in [-0.1, -0.05) is 0 Å². The van der Waals surface area contributed by atoms with Crippen LogP contribution in [0, 0.1) is 11.7 Å². The van der Waals surface area contributed by atoms with Crippen LogP contribution in [0.15, 0.2) is 46.0 Å². The fraction of sp³-hybridized carbons (Fsp3) is 0.500. The van der Waals surface area contributed by atoms with Gasteiger partial charge in [0.1, 0.15) is 11.6 Å². The van der Waals surface area contributed by atoms with E-state index >= 15 is 4.39 Å². The van der Waals surface area contributed by atoms with Crippen molar-refractivity contribution in [3.05, 3.63) is 68.6 Å². The molecule has 2 aromatic carbocycles. The SMILES string of the molecule is COCCCOc1ccc(C(=O)NC2CCCN(C(=O)Nc3cc4c(=O)n(CC5CC5)c(=O)n(C(C)C)c4cc3F)C2)cc1. The van der Waals surface area contributed by atoms with Crippen LogP contribution in [0.5, 0.6) is 5.75 Å². The number of anilines is 1. The number of ether oxygens (including phenoxy) is 2. The van der Waals surface area contributed by atoms with Crippen LogP contribution < -0.4 is 26.6 Å². The molecular weight excluding hydrogens is 569 g/mol. The predicted molar refractivity (Wildman–Crippen MR) is 165 cm³/mol. The first-order chi connectivity index (χ1) is 21.2. The average molecular weight is 610 g/mol. The highest BCUT2D eigenvalue weighted by Gasteiger charge is 2.28. The summed E-state index contributed by atoms with van der Waals surface area (Å²) in [5.41, 5.74) is -0.410. The molecule has 1 unspecified atom stereocenters. The Bertz CT molecular complexity index is 1630. The van der Waals surface area contributed by atoms with Crippen molar-refractivity contribution in [2.75, 3.05) is 38.7 Å². The molecule has 1 aromatic heterocycles. The number of fused-ring (bicyclic) bond motifs is 1. The summed E-state index contributed by atoms with van der Waals surface area (Å²) in [4.78, 5) is 54.1. The molecule has 2 aliphatic rings. The van der Waals surface area contributed by atoms with E-state index in [4.69, 9.17) is 9.47 Å². The molecule has 44 heavy (non-hydrogen) atoms. The maximum absolute atomic E-state index is 15.3. The smallest absolute Gasteiger partial charge is 0.331 e. The zero-order valence-electron chi connectivity index (χ0n) is 25.4. The molecule has 2 fully saturated rings. The number of hydrogen-bond donors (Lipinski definition) is 2. The van der Waals surface area contributed by atoms with Gasteiger partial charge in [0, 0.05) is 63.5 Å². The molecule has 11 nitrogen and oxygen atoms in total. The number of nitrogens with zero attached hydrogens (tertiary/aromatic N) is 3. The van der Waals surface area contributed by atoms with Gasteiger partial charge in [-0.05, 0) is 75.8 Å². The number of carbonyl (C=O) groups is 2. The van der Waals surface area contributed by atoms with Gasteiger partial charge in [-0.2, -0.15) is 0 Å². The van der Waals surface area contributed by atoms with Crippen molar-refractivity contribution in [2.24, 2.45) is 5.92 Å². The normalized spacial score (nSPS) is 16.8. The number of amides is 3. The number of piperidine rings is 1. The minimum absolute atomic E-state index is 0.137. The Morgan fingerprint density at radius 2 is 1.82 bits per heavy atom. The van der Waals surface area contributed by atoms with E-state index in [2.05, 4.69) is 10.6 Å². The minimum atomic E-state index is -0.744. The Morgan fingerprint density at radius 1 is 1.07 bits per heavy atom. The molecule has 5 rings (SSSR count). The monoisotopic (exact) mass is 609 g/mol. The molecule has 1 saturated carbocycles. The van der Waals surface area contributed by atoms with Gasteiger partial charge in [0.25, 0.3) is 11.5 Å². The van der Waals surface area contributed by atoms with Gasteiger partial charge < -0.3 is 25.0 Å². The van der Waals surface area contributed by atoms with E-state index in [1.807, 2.05) is 0 Å². The van der Waals surface area contributed by atoms with E-state index in [0.717, 1.165) is 25.3 Å². The summed E-state index contributed by atoms with van der Waals surface area (Å²) in [5, 5.41) is 5.77. The van der Waals surface area contributed by atoms with Gasteiger partial charge >= 0.3 is 11.7 Å². The Hall–Kier alpha value is -4.19. The summed E-state index contributed by atoms with van der Waals surface area (Å²) in [6.07, 6.45) is 4.03. The molecule has 1 aliphatic carbocycles. The second kappa shape index (κ2) is 13.6. The van der Waals surface area contributed by atoms with Gasteiger partial charge in [0.05, 0.1) is 23.2 Å². The Balaban J connectivity index is 1.26. The zero-order chi connectivity index (χ0) is 31.4. The van der Waals surface area contributed by atoms with E-state index in [9.17, 15) is 19.2 Å². The van der Waals surface area contributed by atoms with Crippen LogP contribution in [0.1, 0.15) is 62.4 Å². The molecule has 0 bridgehead atoms. The lowest BCUT2D eigenvalue weighted by atomic mass is 10.1. The van der Waals surface area contributed by atoms with E-state index in [0.29, 0.717) is 50.5 Å². The van der Waals surface area contributed by atoms with Gasteiger partial charge in [0.15, 0.2) is 0 Å². The summed E-state index contributed by atoms with van der Waals surface area (Å²) in [6.45, 7) is 5.74. The second-order valence-electron chi connectivity index (χ2n) is 11.9. The van der Waals surface area contributed by atoms with E-state index < -0.39 is 23.1 Å². The summed E-state index contributed by atoms with van der Waals surface area (Å²) in [7, 11) is 1.64. The van der Waals surface area contributed by atoms with Crippen molar-refractivity contribution >= 4 is 28.5 Å².